The van der Waals surface area contributed by atoms with E-state index in [1.54, 1.807) is 6.20 Å². The Kier molecular flexibility index (Phi) is 3.26. The number of carbonyl (C=O) groups excluding carboxylic acids is 1. The summed E-state index contributed by atoms with van der Waals surface area (Å²) in [7, 11) is 0. The number of rotatable bonds is 3. The third kappa shape index (κ3) is 2.39. The Morgan fingerprint density at radius 3 is 3.00 bits per heavy atom. The van der Waals surface area contributed by atoms with Crippen molar-refractivity contribution in [1.82, 2.24) is 9.69 Å². The highest BCUT2D eigenvalue weighted by atomic mass is 32.1. The van der Waals surface area contributed by atoms with E-state index in [1.807, 2.05) is 6.07 Å². The van der Waals surface area contributed by atoms with E-state index in [9.17, 15) is 4.79 Å². The van der Waals surface area contributed by atoms with Gasteiger partial charge in [-0.2, -0.15) is 0 Å². The van der Waals surface area contributed by atoms with E-state index in [-0.39, 0.29) is 5.78 Å². The summed E-state index contributed by atoms with van der Waals surface area (Å²) in [6.07, 6.45) is 4.65. The number of ketones is 1. The van der Waals surface area contributed by atoms with Gasteiger partial charge in [0.25, 0.3) is 0 Å². The number of carbonyl (C=O) groups is 1. The first-order valence-corrected chi connectivity index (χ1v) is 5.78. The molecule has 1 saturated heterocycles. The zero-order valence-corrected chi connectivity index (χ0v) is 8.85. The predicted octanol–water partition coefficient (Wildman–Crippen LogP) is 1.72. The Balaban J connectivity index is 1.87. The quantitative estimate of drug-likeness (QED) is 0.772. The van der Waals surface area contributed by atoms with E-state index in [0.29, 0.717) is 12.3 Å². The van der Waals surface area contributed by atoms with Gasteiger partial charge in [0.1, 0.15) is 0 Å². The van der Waals surface area contributed by atoms with Gasteiger partial charge in [-0.25, -0.2) is 4.37 Å². The Bertz CT molecular complexity index is 291. The standard InChI is InChI=1S/C10H14N2OS/c13-9(10-3-6-12-14-10)7-8-1-4-11-5-2-8/h3,6,8,11H,1-2,4-5,7H2. The van der Waals surface area contributed by atoms with Crippen LogP contribution in [-0.4, -0.2) is 23.2 Å². The molecule has 1 aromatic rings. The minimum absolute atomic E-state index is 0.263. The van der Waals surface area contributed by atoms with Gasteiger partial charge in [0, 0.05) is 12.6 Å². The maximum atomic E-state index is 11.7. The second kappa shape index (κ2) is 4.66. The van der Waals surface area contributed by atoms with E-state index >= 15 is 0 Å². The van der Waals surface area contributed by atoms with E-state index in [2.05, 4.69) is 9.69 Å². The fraction of sp³-hybridized carbons (Fsp3) is 0.600. The van der Waals surface area contributed by atoms with Crippen molar-refractivity contribution in [2.45, 2.75) is 19.3 Å². The lowest BCUT2D eigenvalue weighted by Gasteiger charge is -2.21. The molecule has 0 radical (unpaired) electrons. The van der Waals surface area contributed by atoms with Crippen LogP contribution >= 0.6 is 11.5 Å². The summed E-state index contributed by atoms with van der Waals surface area (Å²) in [5.41, 5.74) is 0. The molecule has 0 aromatic carbocycles. The summed E-state index contributed by atoms with van der Waals surface area (Å²) in [6.45, 7) is 2.11. The van der Waals surface area contributed by atoms with Crippen molar-refractivity contribution in [3.63, 3.8) is 0 Å². The van der Waals surface area contributed by atoms with Crippen molar-refractivity contribution >= 4 is 17.3 Å². The van der Waals surface area contributed by atoms with Crippen LogP contribution in [0.15, 0.2) is 12.3 Å². The molecular formula is C10H14N2OS. The molecule has 4 heteroatoms. The van der Waals surface area contributed by atoms with Crippen LogP contribution in [0.1, 0.15) is 28.9 Å². The molecule has 3 nitrogen and oxygen atoms in total. The van der Waals surface area contributed by atoms with Crippen LogP contribution in [0.5, 0.6) is 0 Å². The number of aromatic nitrogens is 1. The van der Waals surface area contributed by atoms with Gasteiger partial charge in [-0.15, -0.1) is 0 Å². The number of piperidine rings is 1. The first-order valence-electron chi connectivity index (χ1n) is 5.01. The summed E-state index contributed by atoms with van der Waals surface area (Å²) in [6, 6.07) is 1.81. The molecule has 0 spiro atoms. The molecule has 1 aliphatic rings. The second-order valence-electron chi connectivity index (χ2n) is 3.70. The van der Waals surface area contributed by atoms with Crippen molar-refractivity contribution in [2.24, 2.45) is 5.92 Å². The Morgan fingerprint density at radius 2 is 2.36 bits per heavy atom. The van der Waals surface area contributed by atoms with E-state index in [1.165, 1.54) is 11.5 Å². The van der Waals surface area contributed by atoms with Crippen LogP contribution in [-0.2, 0) is 0 Å². The maximum Gasteiger partial charge on any atom is 0.174 e. The fourth-order valence-corrected chi connectivity index (χ4v) is 2.35. The molecule has 0 atom stereocenters. The van der Waals surface area contributed by atoms with Crippen LogP contribution in [0.2, 0.25) is 0 Å². The summed E-state index contributed by atoms with van der Waals surface area (Å²) < 4.78 is 3.94. The smallest absolute Gasteiger partial charge is 0.174 e. The lowest BCUT2D eigenvalue weighted by Crippen LogP contribution is -2.28. The highest BCUT2D eigenvalue weighted by molar-refractivity contribution is 7.08. The molecule has 1 fully saturated rings. The van der Waals surface area contributed by atoms with Gasteiger partial charge in [-0.3, -0.25) is 4.79 Å². The average Bonchev–Trinajstić information content (AvgIpc) is 2.72. The maximum absolute atomic E-state index is 11.7. The van der Waals surface area contributed by atoms with Gasteiger partial charge in [0.15, 0.2) is 5.78 Å². The molecule has 0 bridgehead atoms. The monoisotopic (exact) mass is 210 g/mol. The summed E-state index contributed by atoms with van der Waals surface area (Å²) in [5.74, 6) is 0.838. The number of Topliss-reactive ketones (excluding diaryl/α,β-unsaturated/α-hetero) is 1. The fourth-order valence-electron chi connectivity index (χ4n) is 1.81. The van der Waals surface area contributed by atoms with Crippen molar-refractivity contribution in [2.75, 3.05) is 13.1 Å². The van der Waals surface area contributed by atoms with Crippen molar-refractivity contribution in [3.8, 4) is 0 Å². The molecule has 1 aliphatic heterocycles. The van der Waals surface area contributed by atoms with Crippen LogP contribution in [0.3, 0.4) is 0 Å². The molecule has 2 heterocycles. The molecule has 1 aromatic heterocycles. The highest BCUT2D eigenvalue weighted by Gasteiger charge is 2.18. The van der Waals surface area contributed by atoms with Crippen molar-refractivity contribution in [3.05, 3.63) is 17.1 Å². The second-order valence-corrected chi connectivity index (χ2v) is 4.53. The highest BCUT2D eigenvalue weighted by Crippen LogP contribution is 2.19. The minimum Gasteiger partial charge on any atom is -0.317 e. The van der Waals surface area contributed by atoms with Gasteiger partial charge in [-0.1, -0.05) is 0 Å². The van der Waals surface area contributed by atoms with Crippen LogP contribution in [0, 0.1) is 5.92 Å². The summed E-state index contributed by atoms with van der Waals surface area (Å²) >= 11 is 1.30. The zero-order valence-electron chi connectivity index (χ0n) is 8.03. The summed E-state index contributed by atoms with van der Waals surface area (Å²) in [4.78, 5) is 12.5. The Morgan fingerprint density at radius 1 is 1.57 bits per heavy atom. The molecule has 0 amide bonds. The van der Waals surface area contributed by atoms with E-state index in [4.69, 9.17) is 0 Å². The molecular weight excluding hydrogens is 196 g/mol. The Hall–Kier alpha value is -0.740. The van der Waals surface area contributed by atoms with Gasteiger partial charge in [0.2, 0.25) is 0 Å². The molecule has 1 N–H and O–H groups in total. The number of hydrogen-bond donors (Lipinski definition) is 1. The first-order chi connectivity index (χ1) is 6.86. The predicted molar refractivity (Wildman–Crippen MR) is 56.7 cm³/mol. The van der Waals surface area contributed by atoms with Crippen molar-refractivity contribution in [1.29, 1.82) is 0 Å². The van der Waals surface area contributed by atoms with E-state index < -0.39 is 0 Å². The molecule has 14 heavy (non-hydrogen) atoms. The normalized spacial score (nSPS) is 18.3. The number of nitrogens with zero attached hydrogens (tertiary/aromatic N) is 1. The Labute approximate surface area is 87.7 Å². The number of hydrogen-bond acceptors (Lipinski definition) is 4. The van der Waals surface area contributed by atoms with Crippen LogP contribution in [0.4, 0.5) is 0 Å². The first kappa shape index (κ1) is 9.80. The lowest BCUT2D eigenvalue weighted by molar-refractivity contribution is 0.0956. The summed E-state index contributed by atoms with van der Waals surface area (Å²) in [5, 5.41) is 3.30. The topological polar surface area (TPSA) is 42.0 Å². The van der Waals surface area contributed by atoms with Gasteiger partial charge in [-0.05, 0) is 49.4 Å². The molecule has 0 unspecified atom stereocenters. The zero-order chi connectivity index (χ0) is 9.80. The lowest BCUT2D eigenvalue weighted by atomic mass is 9.92. The van der Waals surface area contributed by atoms with Crippen LogP contribution < -0.4 is 5.32 Å². The van der Waals surface area contributed by atoms with Crippen LogP contribution in [0.25, 0.3) is 0 Å². The SMILES string of the molecule is O=C(CC1CCNCC1)c1ccns1. The average molecular weight is 210 g/mol. The van der Waals surface area contributed by atoms with Gasteiger partial charge >= 0.3 is 0 Å². The van der Waals surface area contributed by atoms with E-state index in [0.717, 1.165) is 30.8 Å². The largest absolute Gasteiger partial charge is 0.317 e. The van der Waals surface area contributed by atoms with Crippen molar-refractivity contribution < 1.29 is 4.79 Å². The molecule has 0 saturated carbocycles. The number of nitrogens with one attached hydrogen (secondary N) is 1. The molecule has 76 valence electrons. The van der Waals surface area contributed by atoms with Gasteiger partial charge < -0.3 is 5.32 Å². The minimum atomic E-state index is 0.263. The third-order valence-electron chi connectivity index (χ3n) is 2.65. The molecule has 2 rings (SSSR count). The van der Waals surface area contributed by atoms with Gasteiger partial charge in [0.05, 0.1) is 4.88 Å². The third-order valence-corrected chi connectivity index (χ3v) is 3.43. The molecule has 0 aliphatic carbocycles.